The number of carbonyl (C=O) groups is 1. The zero-order valence-electron chi connectivity index (χ0n) is 10.7. The minimum absolute atomic E-state index is 0.471. The van der Waals surface area contributed by atoms with E-state index in [1.807, 2.05) is 18.2 Å². The predicted molar refractivity (Wildman–Crippen MR) is 71.1 cm³/mol. The molecule has 1 N–H and O–H groups in total. The van der Waals surface area contributed by atoms with Crippen molar-refractivity contribution >= 4 is 16.7 Å². The molecule has 0 fully saturated rings. The van der Waals surface area contributed by atoms with E-state index in [-0.39, 0.29) is 0 Å². The molecule has 4 nitrogen and oxygen atoms in total. The highest BCUT2D eigenvalue weighted by atomic mass is 16.5. The standard InChI is InChI=1S/C15H13NO3/c1-15(9-16,14(17)18)13-5-3-4-10-6-7-11(19-2)8-12(10)13/h3-8H,1-2H3,(H,17,18). The summed E-state index contributed by atoms with van der Waals surface area (Å²) in [5.74, 6) is -0.532. The van der Waals surface area contributed by atoms with E-state index in [0.717, 1.165) is 5.39 Å². The van der Waals surface area contributed by atoms with Crippen LogP contribution >= 0.6 is 0 Å². The van der Waals surface area contributed by atoms with Gasteiger partial charge in [-0.25, -0.2) is 0 Å². The van der Waals surface area contributed by atoms with Gasteiger partial charge in [0.1, 0.15) is 5.75 Å². The van der Waals surface area contributed by atoms with Crippen molar-refractivity contribution in [3.63, 3.8) is 0 Å². The summed E-state index contributed by atoms with van der Waals surface area (Å²) in [5, 5.41) is 20.1. The minimum Gasteiger partial charge on any atom is -0.497 e. The number of ether oxygens (including phenoxy) is 1. The topological polar surface area (TPSA) is 70.3 Å². The summed E-state index contributed by atoms with van der Waals surface area (Å²) in [6.07, 6.45) is 0. The minimum atomic E-state index is -1.58. The molecule has 1 atom stereocenters. The Morgan fingerprint density at radius 1 is 1.37 bits per heavy atom. The third-order valence-corrected chi connectivity index (χ3v) is 3.28. The fourth-order valence-electron chi connectivity index (χ4n) is 2.04. The second-order valence-electron chi connectivity index (χ2n) is 4.43. The van der Waals surface area contributed by atoms with Crippen molar-refractivity contribution in [1.29, 1.82) is 5.26 Å². The summed E-state index contributed by atoms with van der Waals surface area (Å²) >= 11 is 0. The van der Waals surface area contributed by atoms with Crippen LogP contribution in [0.4, 0.5) is 0 Å². The lowest BCUT2D eigenvalue weighted by Crippen LogP contribution is -2.30. The van der Waals surface area contributed by atoms with E-state index >= 15 is 0 Å². The number of benzene rings is 2. The maximum atomic E-state index is 11.4. The lowest BCUT2D eigenvalue weighted by molar-refractivity contribution is -0.140. The molecule has 0 aromatic heterocycles. The van der Waals surface area contributed by atoms with Gasteiger partial charge in [-0.2, -0.15) is 5.26 Å². The van der Waals surface area contributed by atoms with Crippen LogP contribution in [0.25, 0.3) is 10.8 Å². The first kappa shape index (κ1) is 12.9. The fraction of sp³-hybridized carbons (Fsp3) is 0.200. The number of aliphatic carboxylic acids is 1. The van der Waals surface area contributed by atoms with Gasteiger partial charge in [-0.1, -0.05) is 24.3 Å². The molecule has 1 unspecified atom stereocenters. The van der Waals surface area contributed by atoms with Crippen molar-refractivity contribution in [3.05, 3.63) is 42.0 Å². The summed E-state index contributed by atoms with van der Waals surface area (Å²) in [4.78, 5) is 11.4. The smallest absolute Gasteiger partial charge is 0.328 e. The summed E-state index contributed by atoms with van der Waals surface area (Å²) in [5.41, 5.74) is -1.11. The van der Waals surface area contributed by atoms with Gasteiger partial charge in [0, 0.05) is 0 Å². The molecule has 0 saturated carbocycles. The van der Waals surface area contributed by atoms with E-state index in [4.69, 9.17) is 4.74 Å². The number of fused-ring (bicyclic) bond motifs is 1. The second-order valence-corrected chi connectivity index (χ2v) is 4.43. The number of nitriles is 1. The van der Waals surface area contributed by atoms with Crippen molar-refractivity contribution in [1.82, 2.24) is 0 Å². The highest BCUT2D eigenvalue weighted by molar-refractivity contribution is 5.95. The van der Waals surface area contributed by atoms with E-state index in [1.165, 1.54) is 6.92 Å². The van der Waals surface area contributed by atoms with Gasteiger partial charge in [0.05, 0.1) is 13.2 Å². The number of hydrogen-bond donors (Lipinski definition) is 1. The van der Waals surface area contributed by atoms with Crippen LogP contribution in [0.2, 0.25) is 0 Å². The summed E-state index contributed by atoms with van der Waals surface area (Å²) in [6.45, 7) is 1.41. The second kappa shape index (κ2) is 4.62. The molecular formula is C15H13NO3. The van der Waals surface area contributed by atoms with Crippen LogP contribution < -0.4 is 4.74 Å². The van der Waals surface area contributed by atoms with Crippen molar-refractivity contribution in [3.8, 4) is 11.8 Å². The van der Waals surface area contributed by atoms with Crippen molar-refractivity contribution in [2.24, 2.45) is 0 Å². The van der Waals surface area contributed by atoms with Gasteiger partial charge in [-0.15, -0.1) is 0 Å². The number of carboxylic acids is 1. The Morgan fingerprint density at radius 3 is 2.68 bits per heavy atom. The third kappa shape index (κ3) is 2.00. The van der Waals surface area contributed by atoms with Crippen LogP contribution in [0.1, 0.15) is 12.5 Å². The molecule has 96 valence electrons. The molecule has 0 heterocycles. The molecule has 0 aliphatic rings. The van der Waals surface area contributed by atoms with Crippen molar-refractivity contribution in [2.45, 2.75) is 12.3 Å². The van der Waals surface area contributed by atoms with Gasteiger partial charge < -0.3 is 9.84 Å². The first-order chi connectivity index (χ1) is 9.02. The third-order valence-electron chi connectivity index (χ3n) is 3.28. The Hall–Kier alpha value is -2.54. The Bertz CT molecular complexity index is 687. The average Bonchev–Trinajstić information content (AvgIpc) is 2.44. The van der Waals surface area contributed by atoms with E-state index in [0.29, 0.717) is 16.7 Å². The van der Waals surface area contributed by atoms with Crippen molar-refractivity contribution < 1.29 is 14.6 Å². The molecule has 0 spiro atoms. The molecule has 0 saturated heterocycles. The predicted octanol–water partition coefficient (Wildman–Crippen LogP) is 2.71. The number of hydrogen-bond acceptors (Lipinski definition) is 3. The van der Waals surface area contributed by atoms with E-state index in [9.17, 15) is 15.2 Å². The molecule has 0 radical (unpaired) electrons. The maximum absolute atomic E-state index is 11.4. The van der Waals surface area contributed by atoms with Gasteiger partial charge in [-0.05, 0) is 35.4 Å². The number of methoxy groups -OCH3 is 1. The van der Waals surface area contributed by atoms with Crippen LogP contribution in [0.3, 0.4) is 0 Å². The molecule has 0 aliphatic heterocycles. The largest absolute Gasteiger partial charge is 0.497 e. The van der Waals surface area contributed by atoms with E-state index < -0.39 is 11.4 Å². The Balaban J connectivity index is 2.80. The highest BCUT2D eigenvalue weighted by Gasteiger charge is 2.36. The Morgan fingerprint density at radius 2 is 2.11 bits per heavy atom. The molecule has 19 heavy (non-hydrogen) atoms. The van der Waals surface area contributed by atoms with Gasteiger partial charge >= 0.3 is 5.97 Å². The number of carboxylic acid groups (broad SMARTS) is 1. The van der Waals surface area contributed by atoms with Gasteiger partial charge in [0.25, 0.3) is 0 Å². The van der Waals surface area contributed by atoms with Gasteiger partial charge in [0.15, 0.2) is 5.41 Å². The molecule has 2 aromatic rings. The molecule has 0 aliphatic carbocycles. The monoisotopic (exact) mass is 255 g/mol. The molecule has 2 rings (SSSR count). The molecule has 0 amide bonds. The van der Waals surface area contributed by atoms with Gasteiger partial charge in [0.2, 0.25) is 0 Å². The molecule has 0 bridgehead atoms. The normalized spacial score (nSPS) is 13.5. The van der Waals surface area contributed by atoms with E-state index in [2.05, 4.69) is 0 Å². The highest BCUT2D eigenvalue weighted by Crippen LogP contribution is 2.32. The first-order valence-electron chi connectivity index (χ1n) is 5.75. The quantitative estimate of drug-likeness (QED) is 0.915. The summed E-state index contributed by atoms with van der Waals surface area (Å²) in [6, 6.07) is 12.6. The summed E-state index contributed by atoms with van der Waals surface area (Å²) in [7, 11) is 1.55. The van der Waals surface area contributed by atoms with Crippen molar-refractivity contribution in [2.75, 3.05) is 7.11 Å². The molecule has 2 aromatic carbocycles. The van der Waals surface area contributed by atoms with Gasteiger partial charge in [-0.3, -0.25) is 4.79 Å². The average molecular weight is 255 g/mol. The van der Waals surface area contributed by atoms with Crippen LogP contribution in [0.5, 0.6) is 5.75 Å². The Kier molecular flexibility index (Phi) is 3.14. The van der Waals surface area contributed by atoms with Crippen LogP contribution in [0.15, 0.2) is 36.4 Å². The lowest BCUT2D eigenvalue weighted by atomic mass is 9.81. The maximum Gasteiger partial charge on any atom is 0.328 e. The van der Waals surface area contributed by atoms with E-state index in [1.54, 1.807) is 31.4 Å². The number of rotatable bonds is 3. The zero-order chi connectivity index (χ0) is 14.0. The Labute approximate surface area is 110 Å². The van der Waals surface area contributed by atoms with Crippen LogP contribution in [0, 0.1) is 11.3 Å². The first-order valence-corrected chi connectivity index (χ1v) is 5.75. The summed E-state index contributed by atoms with van der Waals surface area (Å²) < 4.78 is 5.15. The van der Waals surface area contributed by atoms with Crippen LogP contribution in [-0.4, -0.2) is 18.2 Å². The number of nitrogens with zero attached hydrogens (tertiary/aromatic N) is 1. The molecule has 4 heteroatoms. The SMILES string of the molecule is COc1ccc2cccc(C(C)(C#N)C(=O)O)c2c1. The fourth-order valence-corrected chi connectivity index (χ4v) is 2.04. The van der Waals surface area contributed by atoms with Crippen LogP contribution in [-0.2, 0) is 10.2 Å². The zero-order valence-corrected chi connectivity index (χ0v) is 10.7. The lowest BCUT2D eigenvalue weighted by Gasteiger charge is -2.19. The molecular weight excluding hydrogens is 242 g/mol.